The maximum absolute atomic E-state index is 13.7. The Balaban J connectivity index is 1.14. The van der Waals surface area contributed by atoms with Crippen LogP contribution in [0, 0.1) is 32.1 Å². The number of amides is 2. The topological polar surface area (TPSA) is 97.6 Å². The van der Waals surface area contributed by atoms with Gasteiger partial charge in [0.1, 0.15) is 0 Å². The van der Waals surface area contributed by atoms with Crippen LogP contribution in [0.4, 0.5) is 5.69 Å². The van der Waals surface area contributed by atoms with Gasteiger partial charge in [-0.25, -0.2) is 4.68 Å². The lowest BCUT2D eigenvalue weighted by atomic mass is 9.74. The molecule has 3 heterocycles. The van der Waals surface area contributed by atoms with E-state index in [0.717, 1.165) is 57.1 Å². The Morgan fingerprint density at radius 1 is 1.11 bits per heavy atom. The number of carbonyl (C=O) groups is 3. The van der Waals surface area contributed by atoms with Crippen molar-refractivity contribution in [1.82, 2.24) is 19.9 Å². The molecule has 44 heavy (non-hydrogen) atoms. The second kappa shape index (κ2) is 12.0. The van der Waals surface area contributed by atoms with Crippen LogP contribution in [0.3, 0.4) is 0 Å². The number of likely N-dealkylation sites (tertiary alicyclic amines) is 1. The summed E-state index contributed by atoms with van der Waals surface area (Å²) in [5, 5.41) is 9.70. The second-order valence-corrected chi connectivity index (χ2v) is 13.1. The smallest absolute Gasteiger partial charge is 0.312 e. The van der Waals surface area contributed by atoms with Crippen LogP contribution < -0.4 is 4.90 Å². The minimum absolute atomic E-state index is 0.0217. The Morgan fingerprint density at radius 2 is 1.84 bits per heavy atom. The van der Waals surface area contributed by atoms with Crippen molar-refractivity contribution in [2.75, 3.05) is 31.1 Å². The molecule has 2 aliphatic heterocycles. The van der Waals surface area contributed by atoms with Crippen LogP contribution in [0.2, 0.25) is 5.02 Å². The molecule has 0 bridgehead atoms. The first kappa shape index (κ1) is 30.3. The third-order valence-corrected chi connectivity index (χ3v) is 10.1. The highest BCUT2D eigenvalue weighted by Crippen LogP contribution is 2.40. The first-order chi connectivity index (χ1) is 21.1. The number of fused-ring (bicyclic) bond motifs is 1. The lowest BCUT2D eigenvalue weighted by Gasteiger charge is -2.40. The molecule has 1 aromatic heterocycles. The predicted octanol–water partition coefficient (Wildman–Crippen LogP) is 5.16. The number of nitrogens with zero attached hydrogens (tertiary/aromatic N) is 5. The van der Waals surface area contributed by atoms with Crippen LogP contribution in [0.15, 0.2) is 36.5 Å². The Bertz CT molecular complexity index is 1590. The van der Waals surface area contributed by atoms with Gasteiger partial charge in [0.2, 0.25) is 11.8 Å². The van der Waals surface area contributed by atoms with E-state index in [1.165, 1.54) is 0 Å². The summed E-state index contributed by atoms with van der Waals surface area (Å²) in [5.74, 6) is -0.704. The van der Waals surface area contributed by atoms with E-state index in [0.29, 0.717) is 38.9 Å². The Labute approximate surface area is 263 Å². The lowest BCUT2D eigenvalue weighted by molar-refractivity contribution is -0.160. The number of hydrogen-bond donors (Lipinski definition) is 0. The number of rotatable bonds is 7. The van der Waals surface area contributed by atoms with Crippen molar-refractivity contribution in [1.29, 1.82) is 0 Å². The monoisotopic (exact) mass is 617 g/mol. The fourth-order valence-corrected chi connectivity index (χ4v) is 7.87. The molecule has 2 saturated heterocycles. The molecular weight excluding hydrogens is 578 g/mol. The number of aromatic nitrogens is 3. The summed E-state index contributed by atoms with van der Waals surface area (Å²) in [6.45, 7) is 9.39. The number of ether oxygens (including phenoxy) is 1. The van der Waals surface area contributed by atoms with Gasteiger partial charge in [-0.2, -0.15) is 0 Å². The molecule has 0 N–H and O–H groups in total. The molecule has 232 valence electrons. The van der Waals surface area contributed by atoms with Gasteiger partial charge >= 0.3 is 5.97 Å². The van der Waals surface area contributed by atoms with Crippen molar-refractivity contribution in [2.24, 2.45) is 11.3 Å². The summed E-state index contributed by atoms with van der Waals surface area (Å²) < 4.78 is 7.45. The standard InChI is InChI=1S/C34H40ClN5O4/c1-5-44-33(43)34(18-25-20-40(37-36-25)29-10-9-26-27(29)7-6-8-28(26)35)11-13-38(14-12-34)32(42)24-17-30(41)39(19-24)31-22(3)15-21(2)16-23(31)4/h6-8,15-16,20,24,29H,5,9-14,17-19H2,1-4H3/t24?,29-/m1/s1. The minimum Gasteiger partial charge on any atom is -0.466 e. The van der Waals surface area contributed by atoms with Gasteiger partial charge in [0.05, 0.1) is 29.7 Å². The molecule has 3 aromatic rings. The predicted molar refractivity (Wildman–Crippen MR) is 168 cm³/mol. The highest BCUT2D eigenvalue weighted by Gasteiger charge is 2.46. The SMILES string of the molecule is CCOC(=O)C1(Cc2cn([C@@H]3CCc4c(Cl)cccc43)nn2)CCN(C(=O)C2CC(=O)N(c3c(C)cc(C)cc3C)C2)CC1. The lowest BCUT2D eigenvalue weighted by Crippen LogP contribution is -2.50. The zero-order valence-corrected chi connectivity index (χ0v) is 26.7. The number of piperidine rings is 1. The van der Waals surface area contributed by atoms with Gasteiger partial charge in [-0.05, 0) is 81.7 Å². The summed E-state index contributed by atoms with van der Waals surface area (Å²) in [6.07, 6.45) is 5.24. The van der Waals surface area contributed by atoms with Gasteiger partial charge < -0.3 is 14.5 Å². The second-order valence-electron chi connectivity index (χ2n) is 12.7. The van der Waals surface area contributed by atoms with E-state index in [1.54, 1.807) is 4.90 Å². The molecule has 2 amide bonds. The Kier molecular flexibility index (Phi) is 8.26. The van der Waals surface area contributed by atoms with Gasteiger partial charge in [-0.3, -0.25) is 14.4 Å². The molecule has 2 fully saturated rings. The van der Waals surface area contributed by atoms with Crippen molar-refractivity contribution in [2.45, 2.75) is 72.3 Å². The van der Waals surface area contributed by atoms with Crippen LogP contribution >= 0.6 is 11.6 Å². The Hall–Kier alpha value is -3.72. The largest absolute Gasteiger partial charge is 0.466 e. The average Bonchev–Trinajstić information content (AvgIpc) is 3.72. The summed E-state index contributed by atoms with van der Waals surface area (Å²) in [7, 11) is 0. The number of halogens is 1. The molecule has 0 radical (unpaired) electrons. The molecule has 0 spiro atoms. The van der Waals surface area contributed by atoms with Crippen molar-refractivity contribution in [3.05, 3.63) is 75.1 Å². The fourth-order valence-electron chi connectivity index (χ4n) is 7.59. The van der Waals surface area contributed by atoms with Crippen LogP contribution in [0.25, 0.3) is 0 Å². The molecule has 3 aliphatic rings. The van der Waals surface area contributed by atoms with Gasteiger partial charge in [0.25, 0.3) is 0 Å². The van der Waals surface area contributed by atoms with Gasteiger partial charge in [-0.15, -0.1) is 5.10 Å². The highest BCUT2D eigenvalue weighted by molar-refractivity contribution is 6.31. The van der Waals surface area contributed by atoms with Crippen molar-refractivity contribution in [3.8, 4) is 0 Å². The van der Waals surface area contributed by atoms with Gasteiger partial charge in [-0.1, -0.05) is 46.6 Å². The van der Waals surface area contributed by atoms with E-state index in [2.05, 4.69) is 28.5 Å². The van der Waals surface area contributed by atoms with E-state index in [1.807, 2.05) is 55.6 Å². The van der Waals surface area contributed by atoms with Crippen LogP contribution in [-0.2, 0) is 32.0 Å². The van der Waals surface area contributed by atoms with Crippen molar-refractivity contribution in [3.63, 3.8) is 0 Å². The molecule has 9 nitrogen and oxygen atoms in total. The summed E-state index contributed by atoms with van der Waals surface area (Å²) >= 11 is 6.43. The fraction of sp³-hybridized carbons (Fsp3) is 0.500. The van der Waals surface area contributed by atoms with Crippen LogP contribution in [0.5, 0.6) is 0 Å². The van der Waals surface area contributed by atoms with Crippen molar-refractivity contribution >= 4 is 35.1 Å². The van der Waals surface area contributed by atoms with Crippen LogP contribution in [-0.4, -0.2) is 63.9 Å². The zero-order valence-electron chi connectivity index (χ0n) is 25.9. The highest BCUT2D eigenvalue weighted by atomic mass is 35.5. The van der Waals surface area contributed by atoms with Crippen LogP contribution in [0.1, 0.15) is 72.2 Å². The Morgan fingerprint density at radius 3 is 2.55 bits per heavy atom. The van der Waals surface area contributed by atoms with Crippen molar-refractivity contribution < 1.29 is 19.1 Å². The summed E-state index contributed by atoms with van der Waals surface area (Å²) in [5.41, 5.74) is 6.40. The molecular formula is C34H40ClN5O4. The molecule has 1 aliphatic carbocycles. The average molecular weight is 618 g/mol. The third-order valence-electron chi connectivity index (χ3n) is 9.70. The number of carbonyl (C=O) groups excluding carboxylic acids is 3. The maximum atomic E-state index is 13.7. The minimum atomic E-state index is -0.793. The zero-order chi connectivity index (χ0) is 31.2. The molecule has 0 saturated carbocycles. The first-order valence-corrected chi connectivity index (χ1v) is 16.0. The number of aryl methyl sites for hydroxylation is 3. The molecule has 2 atom stereocenters. The summed E-state index contributed by atoms with van der Waals surface area (Å²) in [6, 6.07) is 10.2. The van der Waals surface area contributed by atoms with E-state index in [4.69, 9.17) is 16.3 Å². The maximum Gasteiger partial charge on any atom is 0.312 e. The third kappa shape index (κ3) is 5.51. The number of esters is 1. The van der Waals surface area contributed by atoms with Gasteiger partial charge in [0, 0.05) is 49.4 Å². The normalized spacial score (nSPS) is 21.1. The van der Waals surface area contributed by atoms with E-state index >= 15 is 0 Å². The summed E-state index contributed by atoms with van der Waals surface area (Å²) in [4.78, 5) is 43.8. The number of benzene rings is 2. The molecule has 1 unspecified atom stereocenters. The van der Waals surface area contributed by atoms with E-state index < -0.39 is 11.3 Å². The molecule has 2 aromatic carbocycles. The quantitative estimate of drug-likeness (QED) is 0.340. The number of anilines is 1. The van der Waals surface area contributed by atoms with Gasteiger partial charge in [0.15, 0.2) is 0 Å². The van der Waals surface area contributed by atoms with E-state index in [9.17, 15) is 14.4 Å². The van der Waals surface area contributed by atoms with E-state index in [-0.39, 0.29) is 36.9 Å². The first-order valence-electron chi connectivity index (χ1n) is 15.6. The molecule has 10 heteroatoms. The number of hydrogen-bond acceptors (Lipinski definition) is 6. The molecule has 6 rings (SSSR count).